The Morgan fingerprint density at radius 1 is 0.829 bits per heavy atom. The molecule has 1 atom stereocenters. The lowest BCUT2D eigenvalue weighted by molar-refractivity contribution is -0.116. The Hall–Kier alpha value is -2.23. The molecule has 0 spiro atoms. The van der Waals surface area contributed by atoms with Crippen molar-refractivity contribution in [1.82, 2.24) is 0 Å². The summed E-state index contributed by atoms with van der Waals surface area (Å²) in [7, 11) is -4.61. The molecule has 1 heterocycles. The highest BCUT2D eigenvalue weighted by molar-refractivity contribution is 9.10. The molecular formula is C32H45BrN2O5S. The van der Waals surface area contributed by atoms with Gasteiger partial charge in [-0.15, -0.1) is 0 Å². The summed E-state index contributed by atoms with van der Waals surface area (Å²) in [6.07, 6.45) is 20.1. The van der Waals surface area contributed by atoms with E-state index in [1.807, 2.05) is 6.07 Å². The van der Waals surface area contributed by atoms with E-state index in [9.17, 15) is 17.8 Å². The van der Waals surface area contributed by atoms with Crippen LogP contribution in [0.3, 0.4) is 0 Å². The molecule has 0 radical (unpaired) electrons. The van der Waals surface area contributed by atoms with Crippen molar-refractivity contribution in [1.29, 1.82) is 0 Å². The smallest absolute Gasteiger partial charge is 0.298 e. The number of halogens is 1. The molecule has 1 unspecified atom stereocenters. The summed E-state index contributed by atoms with van der Waals surface area (Å²) < 4.78 is 39.7. The van der Waals surface area contributed by atoms with Crippen LogP contribution < -0.4 is 9.75 Å². The van der Waals surface area contributed by atoms with E-state index in [-0.39, 0.29) is 17.3 Å². The lowest BCUT2D eigenvalue weighted by Gasteiger charge is -2.15. The molecule has 1 aliphatic heterocycles. The number of carbonyl (C=O) groups is 1. The predicted octanol–water partition coefficient (Wildman–Crippen LogP) is 9.45. The number of unbranched alkanes of at least 4 members (excludes halogenated alkanes) is 14. The van der Waals surface area contributed by atoms with Gasteiger partial charge >= 0.3 is 0 Å². The van der Waals surface area contributed by atoms with Crippen molar-refractivity contribution in [2.45, 2.75) is 119 Å². The molecule has 226 valence electrons. The van der Waals surface area contributed by atoms with Gasteiger partial charge in [0.2, 0.25) is 0 Å². The largest absolute Gasteiger partial charge is 0.456 e. The summed E-state index contributed by atoms with van der Waals surface area (Å²) in [5, 5.41) is 5.69. The molecule has 7 nitrogen and oxygen atoms in total. The van der Waals surface area contributed by atoms with Crippen LogP contribution >= 0.6 is 15.9 Å². The maximum absolute atomic E-state index is 12.9. The molecular weight excluding hydrogens is 604 g/mol. The normalized spacial score (nSPS) is 15.4. The van der Waals surface area contributed by atoms with Crippen LogP contribution in [-0.2, 0) is 14.9 Å². The maximum atomic E-state index is 12.9. The van der Waals surface area contributed by atoms with Gasteiger partial charge in [0.1, 0.15) is 21.2 Å². The summed E-state index contributed by atoms with van der Waals surface area (Å²) in [6, 6.07) is 12.9. The zero-order chi connectivity index (χ0) is 29.5. The van der Waals surface area contributed by atoms with Crippen molar-refractivity contribution in [3.05, 3.63) is 48.5 Å². The van der Waals surface area contributed by atoms with Crippen molar-refractivity contribution in [2.24, 2.45) is 5.10 Å². The summed E-state index contributed by atoms with van der Waals surface area (Å²) in [6.45, 7) is 2.26. The van der Waals surface area contributed by atoms with Gasteiger partial charge in [0.05, 0.1) is 11.4 Å². The number of anilines is 1. The average molecular weight is 650 g/mol. The molecule has 3 rings (SSSR count). The Morgan fingerprint density at radius 2 is 1.37 bits per heavy atom. The van der Waals surface area contributed by atoms with Gasteiger partial charge in [-0.1, -0.05) is 131 Å². The summed E-state index contributed by atoms with van der Waals surface area (Å²) in [4.78, 5) is 12.0. The Bertz CT molecular complexity index is 1220. The monoisotopic (exact) mass is 648 g/mol. The van der Waals surface area contributed by atoms with Gasteiger partial charge in [-0.25, -0.2) is 0 Å². The van der Waals surface area contributed by atoms with Crippen molar-refractivity contribution >= 4 is 43.4 Å². The fourth-order valence-corrected chi connectivity index (χ4v) is 6.20. The number of benzene rings is 2. The molecule has 0 bridgehead atoms. The maximum Gasteiger partial charge on any atom is 0.298 e. The number of alkyl halides is 1. The summed E-state index contributed by atoms with van der Waals surface area (Å²) in [5.41, 5.74) is 0.974. The zero-order valence-corrected chi connectivity index (χ0v) is 26.7. The van der Waals surface area contributed by atoms with Crippen LogP contribution in [0.2, 0.25) is 0 Å². The van der Waals surface area contributed by atoms with Crippen LogP contribution in [0.15, 0.2) is 58.5 Å². The highest BCUT2D eigenvalue weighted by atomic mass is 79.9. The van der Waals surface area contributed by atoms with Gasteiger partial charge in [0, 0.05) is 0 Å². The molecule has 9 heteroatoms. The molecule has 41 heavy (non-hydrogen) atoms. The quantitative estimate of drug-likeness (QED) is 0.0876. The van der Waals surface area contributed by atoms with Gasteiger partial charge in [-0.2, -0.15) is 18.5 Å². The molecule has 0 saturated carbocycles. The van der Waals surface area contributed by atoms with E-state index in [0.29, 0.717) is 12.2 Å². The van der Waals surface area contributed by atoms with Crippen LogP contribution in [0, 0.1) is 0 Å². The lowest BCUT2D eigenvalue weighted by Crippen LogP contribution is -2.27. The average Bonchev–Trinajstić information content (AvgIpc) is 3.24. The highest BCUT2D eigenvalue weighted by Gasteiger charge is 2.35. The van der Waals surface area contributed by atoms with E-state index in [1.165, 1.54) is 101 Å². The third-order valence-electron chi connectivity index (χ3n) is 7.40. The van der Waals surface area contributed by atoms with Crippen LogP contribution in [-0.4, -0.2) is 29.4 Å². The Balaban J connectivity index is 1.41. The standard InChI is InChI=1S/C32H45BrN2O5S/c1-2-3-4-5-6-7-8-9-10-11-12-13-14-15-19-22-28-31(33)32(36)35(34-28)26-23-24-29(30(25-26)41(37,38)39)40-27-20-17-16-18-21-27/h16-18,20-21,23-25,31H,2-15,19,22H2,1H3,(H,37,38,39). The number of hydrogen-bond acceptors (Lipinski definition) is 5. The van der Waals surface area contributed by atoms with Crippen molar-refractivity contribution < 1.29 is 22.5 Å². The van der Waals surface area contributed by atoms with E-state index >= 15 is 0 Å². The first-order valence-electron chi connectivity index (χ1n) is 15.2. The third-order valence-corrected chi connectivity index (χ3v) is 9.20. The summed E-state index contributed by atoms with van der Waals surface area (Å²) in [5.74, 6) is 0.0946. The van der Waals surface area contributed by atoms with Gasteiger partial charge in [-0.05, 0) is 43.2 Å². The van der Waals surface area contributed by atoms with Crippen molar-refractivity contribution in [3.63, 3.8) is 0 Å². The first kappa shape index (κ1) is 33.3. The zero-order valence-electron chi connectivity index (χ0n) is 24.3. The first-order chi connectivity index (χ1) is 19.8. The van der Waals surface area contributed by atoms with Gasteiger partial charge in [0.25, 0.3) is 16.0 Å². The molecule has 0 aliphatic carbocycles. The topological polar surface area (TPSA) is 96.3 Å². The predicted molar refractivity (Wildman–Crippen MR) is 170 cm³/mol. The van der Waals surface area contributed by atoms with E-state index in [2.05, 4.69) is 28.0 Å². The number of rotatable bonds is 20. The molecule has 2 aromatic carbocycles. The van der Waals surface area contributed by atoms with Crippen LogP contribution in [0.5, 0.6) is 11.5 Å². The van der Waals surface area contributed by atoms with E-state index in [0.717, 1.165) is 18.6 Å². The SMILES string of the molecule is CCCCCCCCCCCCCCCCCC1=NN(c2ccc(Oc3ccccc3)c(S(=O)(=O)O)c2)C(=O)C1Br. The minimum Gasteiger partial charge on any atom is -0.456 e. The minimum atomic E-state index is -4.61. The van der Waals surface area contributed by atoms with Gasteiger partial charge in [0.15, 0.2) is 0 Å². The molecule has 1 amide bonds. The number of ether oxygens (including phenoxy) is 1. The van der Waals surface area contributed by atoms with Crippen LogP contribution in [0.25, 0.3) is 0 Å². The third kappa shape index (κ3) is 11.2. The lowest BCUT2D eigenvalue weighted by atomic mass is 10.0. The Morgan fingerprint density at radius 3 is 1.90 bits per heavy atom. The number of hydrogen-bond donors (Lipinski definition) is 1. The Labute approximate surface area is 254 Å². The second-order valence-electron chi connectivity index (χ2n) is 10.8. The fraction of sp³-hybridized carbons (Fsp3) is 0.562. The van der Waals surface area contributed by atoms with E-state index in [1.54, 1.807) is 30.3 Å². The minimum absolute atomic E-state index is 0.0357. The van der Waals surface area contributed by atoms with Gasteiger partial charge in [-0.3, -0.25) is 9.35 Å². The van der Waals surface area contributed by atoms with E-state index in [4.69, 9.17) is 4.74 Å². The number of nitrogens with zero attached hydrogens (tertiary/aromatic N) is 2. The fourth-order valence-electron chi connectivity index (χ4n) is 5.05. The van der Waals surface area contributed by atoms with Crippen molar-refractivity contribution in [2.75, 3.05) is 5.01 Å². The molecule has 2 aromatic rings. The van der Waals surface area contributed by atoms with Crippen LogP contribution in [0.4, 0.5) is 5.69 Å². The van der Waals surface area contributed by atoms with Crippen LogP contribution in [0.1, 0.15) is 110 Å². The van der Waals surface area contributed by atoms with E-state index < -0.39 is 19.8 Å². The number of amides is 1. The van der Waals surface area contributed by atoms with Gasteiger partial charge < -0.3 is 4.74 Å². The number of carbonyl (C=O) groups excluding carboxylic acids is 1. The van der Waals surface area contributed by atoms with Crippen molar-refractivity contribution in [3.8, 4) is 11.5 Å². The number of hydrazone groups is 1. The second kappa shape index (κ2) is 17.7. The molecule has 0 saturated heterocycles. The summed E-state index contributed by atoms with van der Waals surface area (Å²) >= 11 is 3.45. The highest BCUT2D eigenvalue weighted by Crippen LogP contribution is 2.34. The molecule has 0 aromatic heterocycles. The molecule has 1 N–H and O–H groups in total. The second-order valence-corrected chi connectivity index (χ2v) is 13.1. The first-order valence-corrected chi connectivity index (χ1v) is 17.6. The molecule has 1 aliphatic rings. The molecule has 0 fully saturated rings. The number of para-hydroxylation sites is 1. The Kier molecular flexibility index (Phi) is 14.3.